The fourth-order valence-electron chi connectivity index (χ4n) is 4.20. The van der Waals surface area contributed by atoms with Gasteiger partial charge >= 0.3 is 0 Å². The van der Waals surface area contributed by atoms with Crippen LogP contribution in [0.15, 0.2) is 47.8 Å². The largest absolute Gasteiger partial charge is 0.372 e. The molecule has 0 spiro atoms. The fourth-order valence-corrected chi connectivity index (χ4v) is 5.23. The average molecular weight is 413 g/mol. The minimum atomic E-state index is -0.646. The first-order valence-corrected chi connectivity index (χ1v) is 10.8. The van der Waals surface area contributed by atoms with Gasteiger partial charge in [-0.2, -0.15) is 4.98 Å². The molecule has 3 N–H and O–H groups in total. The number of nitrogens with one attached hydrogen (secondary N) is 1. The normalized spacial score (nSPS) is 22.6. The van der Waals surface area contributed by atoms with Crippen LogP contribution in [0.2, 0.25) is 5.28 Å². The van der Waals surface area contributed by atoms with Gasteiger partial charge in [0.2, 0.25) is 5.28 Å². The molecular formula is C20H21ClN6S. The van der Waals surface area contributed by atoms with E-state index >= 15 is 0 Å². The minimum Gasteiger partial charge on any atom is -0.372 e. The molecule has 1 unspecified atom stereocenters. The van der Waals surface area contributed by atoms with Crippen LogP contribution in [0.25, 0.3) is 11.2 Å². The highest BCUT2D eigenvalue weighted by Crippen LogP contribution is 2.40. The Morgan fingerprint density at radius 1 is 1.32 bits per heavy atom. The summed E-state index contributed by atoms with van der Waals surface area (Å²) >= 11 is 8.08. The Morgan fingerprint density at radius 2 is 2.18 bits per heavy atom. The van der Waals surface area contributed by atoms with E-state index < -0.39 is 5.54 Å². The predicted molar refractivity (Wildman–Crippen MR) is 112 cm³/mol. The van der Waals surface area contributed by atoms with Crippen molar-refractivity contribution in [3.8, 4) is 0 Å². The minimum absolute atomic E-state index is 0.238. The Hall–Kier alpha value is -2.22. The van der Waals surface area contributed by atoms with Crippen LogP contribution < -0.4 is 11.1 Å². The predicted octanol–water partition coefficient (Wildman–Crippen LogP) is 3.90. The van der Waals surface area contributed by atoms with Gasteiger partial charge in [0.25, 0.3) is 0 Å². The maximum absolute atomic E-state index is 6.41. The molecule has 0 amide bonds. The number of thiophene rings is 1. The molecule has 1 atom stereocenters. The molecule has 5 rings (SSSR count). The molecule has 1 aliphatic carbocycles. The second-order valence-corrected chi connectivity index (χ2v) is 8.58. The van der Waals surface area contributed by atoms with E-state index in [4.69, 9.17) is 22.3 Å². The molecule has 3 aromatic heterocycles. The van der Waals surface area contributed by atoms with E-state index in [1.165, 1.54) is 12.8 Å². The van der Waals surface area contributed by atoms with Crippen LogP contribution in [-0.2, 0) is 5.54 Å². The molecule has 1 fully saturated rings. The SMILES string of the molecule is NCC1=CNC(c2cccs2)(c2nc(Cl)nc3c2ncn3C2CCCC2)C=C1. The van der Waals surface area contributed by atoms with E-state index in [0.29, 0.717) is 12.6 Å². The monoisotopic (exact) mass is 412 g/mol. The van der Waals surface area contributed by atoms with E-state index in [-0.39, 0.29) is 5.28 Å². The van der Waals surface area contributed by atoms with Gasteiger partial charge in [-0.05, 0) is 47.5 Å². The van der Waals surface area contributed by atoms with Crippen LogP contribution >= 0.6 is 22.9 Å². The zero-order valence-electron chi connectivity index (χ0n) is 15.3. The summed E-state index contributed by atoms with van der Waals surface area (Å²) in [5, 5.41) is 5.83. The van der Waals surface area contributed by atoms with Gasteiger partial charge in [0, 0.05) is 23.7 Å². The van der Waals surface area contributed by atoms with Gasteiger partial charge in [-0.25, -0.2) is 9.97 Å². The van der Waals surface area contributed by atoms with Crippen molar-refractivity contribution < 1.29 is 0 Å². The fraction of sp³-hybridized carbons (Fsp3) is 0.350. The highest BCUT2D eigenvalue weighted by molar-refractivity contribution is 7.10. The third-order valence-corrected chi connectivity index (χ3v) is 6.84. The summed E-state index contributed by atoms with van der Waals surface area (Å²) in [6.45, 7) is 0.472. The van der Waals surface area contributed by atoms with E-state index in [2.05, 4.69) is 37.4 Å². The smallest absolute Gasteiger partial charge is 0.224 e. The van der Waals surface area contributed by atoms with Gasteiger partial charge < -0.3 is 15.6 Å². The lowest BCUT2D eigenvalue weighted by Crippen LogP contribution is -2.41. The first-order valence-electron chi connectivity index (χ1n) is 9.52. The number of dihydropyridines is 1. The Morgan fingerprint density at radius 3 is 2.86 bits per heavy atom. The lowest BCUT2D eigenvalue weighted by Gasteiger charge is -2.33. The summed E-state index contributed by atoms with van der Waals surface area (Å²) in [5.74, 6) is 0. The Labute approximate surface area is 172 Å². The maximum Gasteiger partial charge on any atom is 0.224 e. The van der Waals surface area contributed by atoms with Gasteiger partial charge in [-0.15, -0.1) is 11.3 Å². The van der Waals surface area contributed by atoms with Crippen molar-refractivity contribution in [2.45, 2.75) is 37.3 Å². The Kier molecular flexibility index (Phi) is 4.45. The second kappa shape index (κ2) is 6.99. The van der Waals surface area contributed by atoms with E-state index in [9.17, 15) is 0 Å². The van der Waals surface area contributed by atoms with Gasteiger partial charge in [-0.1, -0.05) is 25.0 Å². The zero-order valence-corrected chi connectivity index (χ0v) is 16.9. The zero-order chi connectivity index (χ0) is 19.1. The van der Waals surface area contributed by atoms with Crippen LogP contribution in [0.4, 0.5) is 0 Å². The molecule has 2 aliphatic rings. The Balaban J connectivity index is 1.72. The van der Waals surface area contributed by atoms with Crippen LogP contribution in [0, 0.1) is 0 Å². The van der Waals surface area contributed by atoms with Crippen LogP contribution in [-0.4, -0.2) is 26.1 Å². The van der Waals surface area contributed by atoms with Gasteiger partial charge in [0.15, 0.2) is 5.65 Å². The van der Waals surface area contributed by atoms with E-state index in [1.807, 2.05) is 24.7 Å². The number of nitrogens with zero attached hydrogens (tertiary/aromatic N) is 4. The van der Waals surface area contributed by atoms with Crippen molar-refractivity contribution in [1.29, 1.82) is 0 Å². The third-order valence-electron chi connectivity index (χ3n) is 5.66. The first-order chi connectivity index (χ1) is 13.7. The average Bonchev–Trinajstić information content (AvgIpc) is 3.48. The summed E-state index contributed by atoms with van der Waals surface area (Å²) in [6.07, 6.45) is 12.8. The summed E-state index contributed by atoms with van der Waals surface area (Å²) in [7, 11) is 0. The molecule has 144 valence electrons. The van der Waals surface area contributed by atoms with Crippen molar-refractivity contribution in [2.24, 2.45) is 5.73 Å². The van der Waals surface area contributed by atoms with Gasteiger partial charge in [0.1, 0.15) is 16.7 Å². The summed E-state index contributed by atoms with van der Waals surface area (Å²) < 4.78 is 2.18. The highest BCUT2D eigenvalue weighted by atomic mass is 35.5. The van der Waals surface area contributed by atoms with E-state index in [1.54, 1.807) is 11.3 Å². The number of hydrogen-bond acceptors (Lipinski definition) is 6. The number of rotatable bonds is 4. The molecule has 6 nitrogen and oxygen atoms in total. The number of aromatic nitrogens is 4. The van der Waals surface area contributed by atoms with Gasteiger partial charge in [0.05, 0.1) is 6.33 Å². The second-order valence-electron chi connectivity index (χ2n) is 7.29. The lowest BCUT2D eigenvalue weighted by atomic mass is 9.88. The Bertz CT molecular complexity index is 1060. The summed E-state index contributed by atoms with van der Waals surface area (Å²) in [4.78, 5) is 15.1. The molecule has 1 saturated carbocycles. The molecule has 1 aliphatic heterocycles. The summed E-state index contributed by atoms with van der Waals surface area (Å²) in [5.41, 5.74) is 8.56. The molecule has 4 heterocycles. The van der Waals surface area contributed by atoms with E-state index in [0.717, 1.165) is 40.1 Å². The molecule has 8 heteroatoms. The number of fused-ring (bicyclic) bond motifs is 1. The number of imidazole rings is 1. The first kappa shape index (κ1) is 17.8. The van der Waals surface area contributed by atoms with Crippen molar-refractivity contribution in [3.05, 3.63) is 63.6 Å². The number of hydrogen-bond donors (Lipinski definition) is 2. The molecule has 28 heavy (non-hydrogen) atoms. The number of halogens is 1. The standard InChI is InChI=1S/C20H21ClN6S/c21-19-25-17(16-18(26-19)27(12-23-16)14-4-1-2-5-14)20(15-6-3-9-28-15)8-7-13(10-22)11-24-20/h3,6-9,11-12,14,24H,1-2,4-5,10,22H2. The molecule has 0 saturated heterocycles. The number of nitrogens with two attached hydrogens (primary N) is 1. The molecule has 0 bridgehead atoms. The van der Waals surface area contributed by atoms with Crippen LogP contribution in [0.1, 0.15) is 42.3 Å². The van der Waals surface area contributed by atoms with Crippen molar-refractivity contribution >= 4 is 34.1 Å². The topological polar surface area (TPSA) is 81.7 Å². The third kappa shape index (κ3) is 2.77. The molecular weight excluding hydrogens is 392 g/mol. The summed E-state index contributed by atoms with van der Waals surface area (Å²) in [6, 6.07) is 4.57. The maximum atomic E-state index is 6.41. The van der Waals surface area contributed by atoms with Crippen molar-refractivity contribution in [1.82, 2.24) is 24.8 Å². The van der Waals surface area contributed by atoms with Crippen LogP contribution in [0.5, 0.6) is 0 Å². The van der Waals surface area contributed by atoms with Crippen LogP contribution in [0.3, 0.4) is 0 Å². The van der Waals surface area contributed by atoms with Gasteiger partial charge in [-0.3, -0.25) is 0 Å². The lowest BCUT2D eigenvalue weighted by molar-refractivity contribution is 0.528. The highest BCUT2D eigenvalue weighted by Gasteiger charge is 2.38. The quantitative estimate of drug-likeness (QED) is 0.635. The van der Waals surface area contributed by atoms with Crippen molar-refractivity contribution in [3.63, 3.8) is 0 Å². The molecule has 3 aromatic rings. The van der Waals surface area contributed by atoms with Crippen molar-refractivity contribution in [2.75, 3.05) is 6.54 Å². The molecule has 0 radical (unpaired) electrons. The molecule has 0 aromatic carbocycles.